The number of benzene rings is 1. The molecule has 1 amide bonds. The normalized spacial score (nSPS) is 16.9. The number of fused-ring (bicyclic) bond motifs is 1. The number of hydrogen-bond acceptors (Lipinski definition) is 4. The highest BCUT2D eigenvalue weighted by Gasteiger charge is 2.39. The maximum Gasteiger partial charge on any atom is 0.397 e. The van der Waals surface area contributed by atoms with E-state index in [4.69, 9.17) is 4.74 Å². The lowest BCUT2D eigenvalue weighted by Gasteiger charge is -2.34. The molecule has 1 unspecified atom stereocenters. The number of ether oxygens (including phenoxy) is 1. The Balaban J connectivity index is 2.43. The first-order valence-electron chi connectivity index (χ1n) is 7.17. The van der Waals surface area contributed by atoms with E-state index in [9.17, 15) is 19.5 Å². The Labute approximate surface area is 128 Å². The number of carboxylic acid groups (broad SMARTS) is 1. The lowest BCUT2D eigenvalue weighted by Crippen LogP contribution is -2.47. The fourth-order valence-electron chi connectivity index (χ4n) is 2.70. The lowest BCUT2D eigenvalue weighted by molar-refractivity contribution is -0.164. The predicted molar refractivity (Wildman–Crippen MR) is 78.3 cm³/mol. The van der Waals surface area contributed by atoms with Gasteiger partial charge in [0.1, 0.15) is 0 Å². The first kappa shape index (κ1) is 16.0. The van der Waals surface area contributed by atoms with Gasteiger partial charge in [-0.3, -0.25) is 4.79 Å². The number of carbonyl (C=O) groups excluding carboxylic acids is 2. The van der Waals surface area contributed by atoms with Gasteiger partial charge in [0.25, 0.3) is 0 Å². The van der Waals surface area contributed by atoms with Crippen LogP contribution in [-0.2, 0) is 25.5 Å². The van der Waals surface area contributed by atoms with Gasteiger partial charge in [-0.2, -0.15) is 0 Å². The molecule has 1 aliphatic rings. The Morgan fingerprint density at radius 3 is 2.50 bits per heavy atom. The van der Waals surface area contributed by atoms with Gasteiger partial charge in [0.05, 0.1) is 6.61 Å². The van der Waals surface area contributed by atoms with Gasteiger partial charge in [-0.15, -0.1) is 0 Å². The molecule has 1 atom stereocenters. The summed E-state index contributed by atoms with van der Waals surface area (Å²) in [6, 6.07) is 2.58. The van der Waals surface area contributed by atoms with Crippen molar-refractivity contribution in [3.63, 3.8) is 0 Å². The summed E-state index contributed by atoms with van der Waals surface area (Å²) in [5.74, 6) is -3.07. The minimum absolute atomic E-state index is 0.0744. The van der Waals surface area contributed by atoms with Crippen molar-refractivity contribution in [1.29, 1.82) is 0 Å². The smallest absolute Gasteiger partial charge is 0.397 e. The first-order chi connectivity index (χ1) is 10.4. The van der Waals surface area contributed by atoms with Gasteiger partial charge < -0.3 is 14.7 Å². The Morgan fingerprint density at radius 2 is 1.91 bits per heavy atom. The van der Waals surface area contributed by atoms with E-state index in [0.717, 1.165) is 21.6 Å². The van der Waals surface area contributed by atoms with Crippen LogP contribution in [-0.4, -0.2) is 41.0 Å². The van der Waals surface area contributed by atoms with Gasteiger partial charge in [0.2, 0.25) is 0 Å². The highest BCUT2D eigenvalue weighted by atomic mass is 16.5. The molecule has 1 aromatic carbocycles. The van der Waals surface area contributed by atoms with Crippen molar-refractivity contribution >= 4 is 17.8 Å². The quantitative estimate of drug-likeness (QED) is 0.659. The molecule has 0 aromatic heterocycles. The molecule has 2 rings (SSSR count). The summed E-state index contributed by atoms with van der Waals surface area (Å²) in [5, 5.41) is 9.53. The van der Waals surface area contributed by atoms with Gasteiger partial charge in [-0.25, -0.2) is 9.59 Å². The van der Waals surface area contributed by atoms with Gasteiger partial charge in [-0.05, 0) is 49.4 Å². The summed E-state index contributed by atoms with van der Waals surface area (Å²) < 4.78 is 4.69. The van der Waals surface area contributed by atoms with Crippen molar-refractivity contribution in [3.8, 4) is 0 Å². The topological polar surface area (TPSA) is 83.9 Å². The molecule has 0 saturated carbocycles. The molecule has 0 fully saturated rings. The van der Waals surface area contributed by atoms with Crippen LogP contribution >= 0.6 is 0 Å². The predicted octanol–water partition coefficient (Wildman–Crippen LogP) is 1.38. The standard InChI is InChI=1S/C16H19NO5/c1-4-22-16(21)14(18)17-6-5-11-7-9(2)10(3)8-12(11)13(17)15(19)20/h7-8,13H,4-6H2,1-3H3,(H,19,20). The number of amides is 1. The maximum absolute atomic E-state index is 12.2. The van der Waals surface area contributed by atoms with Crippen LogP contribution in [0.4, 0.5) is 0 Å². The molecule has 1 N–H and O–H groups in total. The molecule has 0 spiro atoms. The summed E-state index contributed by atoms with van der Waals surface area (Å²) in [6.07, 6.45) is 0.519. The zero-order valence-electron chi connectivity index (χ0n) is 12.9. The fraction of sp³-hybridized carbons (Fsp3) is 0.438. The van der Waals surface area contributed by atoms with Crippen molar-refractivity contribution in [1.82, 2.24) is 4.90 Å². The summed E-state index contributed by atoms with van der Waals surface area (Å²) in [6.45, 7) is 5.70. The second-order valence-electron chi connectivity index (χ2n) is 5.35. The Kier molecular flexibility index (Phi) is 4.49. The summed E-state index contributed by atoms with van der Waals surface area (Å²) in [4.78, 5) is 36.5. The van der Waals surface area contributed by atoms with E-state index in [1.807, 2.05) is 19.9 Å². The molecular weight excluding hydrogens is 286 g/mol. The maximum atomic E-state index is 12.2. The molecule has 6 nitrogen and oxygen atoms in total. The highest BCUT2D eigenvalue weighted by Crippen LogP contribution is 2.32. The largest absolute Gasteiger partial charge is 0.479 e. The molecule has 0 saturated heterocycles. The Hall–Kier alpha value is -2.37. The average Bonchev–Trinajstić information content (AvgIpc) is 2.46. The van der Waals surface area contributed by atoms with Gasteiger partial charge in [0, 0.05) is 6.54 Å². The number of rotatable bonds is 2. The molecule has 1 heterocycles. The van der Waals surface area contributed by atoms with E-state index in [1.54, 1.807) is 13.0 Å². The van der Waals surface area contributed by atoms with Crippen LogP contribution in [0.15, 0.2) is 12.1 Å². The molecule has 118 valence electrons. The second-order valence-corrected chi connectivity index (χ2v) is 5.35. The van der Waals surface area contributed by atoms with E-state index < -0.39 is 23.9 Å². The third-order valence-electron chi connectivity index (χ3n) is 3.93. The highest BCUT2D eigenvalue weighted by molar-refractivity contribution is 6.32. The fourth-order valence-corrected chi connectivity index (χ4v) is 2.70. The number of aliphatic carboxylic acids is 1. The number of esters is 1. The van der Waals surface area contributed by atoms with Gasteiger partial charge in [0.15, 0.2) is 6.04 Å². The SMILES string of the molecule is CCOC(=O)C(=O)N1CCc2cc(C)c(C)cc2C1C(=O)O. The van der Waals surface area contributed by atoms with Crippen LogP contribution in [0.2, 0.25) is 0 Å². The molecular formula is C16H19NO5. The monoisotopic (exact) mass is 305 g/mol. The van der Waals surface area contributed by atoms with E-state index in [-0.39, 0.29) is 13.2 Å². The lowest BCUT2D eigenvalue weighted by atomic mass is 9.89. The average molecular weight is 305 g/mol. The minimum atomic E-state index is -1.15. The van der Waals surface area contributed by atoms with Crippen molar-refractivity contribution in [2.45, 2.75) is 33.2 Å². The zero-order chi connectivity index (χ0) is 16.4. The van der Waals surface area contributed by atoms with Crippen LogP contribution in [0.1, 0.15) is 35.2 Å². The number of nitrogens with zero attached hydrogens (tertiary/aromatic N) is 1. The van der Waals surface area contributed by atoms with E-state index in [2.05, 4.69) is 0 Å². The Bertz CT molecular complexity index is 638. The molecule has 6 heteroatoms. The number of carbonyl (C=O) groups is 3. The molecule has 0 bridgehead atoms. The summed E-state index contributed by atoms with van der Waals surface area (Å²) >= 11 is 0. The van der Waals surface area contributed by atoms with Gasteiger partial charge in [-0.1, -0.05) is 12.1 Å². The van der Waals surface area contributed by atoms with Crippen molar-refractivity contribution < 1.29 is 24.2 Å². The molecule has 1 aromatic rings. The van der Waals surface area contributed by atoms with Crippen molar-refractivity contribution in [2.75, 3.05) is 13.2 Å². The van der Waals surface area contributed by atoms with Crippen LogP contribution in [0.5, 0.6) is 0 Å². The van der Waals surface area contributed by atoms with Crippen LogP contribution in [0, 0.1) is 13.8 Å². The Morgan fingerprint density at radius 1 is 1.27 bits per heavy atom. The molecule has 1 aliphatic heterocycles. The summed E-state index contributed by atoms with van der Waals surface area (Å²) in [5.41, 5.74) is 3.51. The zero-order valence-corrected chi connectivity index (χ0v) is 12.9. The number of hydrogen-bond donors (Lipinski definition) is 1. The van der Waals surface area contributed by atoms with Gasteiger partial charge >= 0.3 is 17.8 Å². The van der Waals surface area contributed by atoms with E-state index in [1.165, 1.54) is 0 Å². The number of aryl methyl sites for hydroxylation is 2. The third-order valence-corrected chi connectivity index (χ3v) is 3.93. The van der Waals surface area contributed by atoms with E-state index >= 15 is 0 Å². The van der Waals surface area contributed by atoms with Crippen molar-refractivity contribution in [3.05, 3.63) is 34.4 Å². The molecule has 22 heavy (non-hydrogen) atoms. The van der Waals surface area contributed by atoms with Crippen LogP contribution < -0.4 is 0 Å². The third kappa shape index (κ3) is 2.81. The number of carboxylic acids is 1. The summed E-state index contributed by atoms with van der Waals surface area (Å²) in [7, 11) is 0. The second kappa shape index (κ2) is 6.17. The van der Waals surface area contributed by atoms with E-state index in [0.29, 0.717) is 12.0 Å². The molecule has 0 aliphatic carbocycles. The van der Waals surface area contributed by atoms with Crippen LogP contribution in [0.25, 0.3) is 0 Å². The molecule has 0 radical (unpaired) electrons. The van der Waals surface area contributed by atoms with Crippen LogP contribution in [0.3, 0.4) is 0 Å². The van der Waals surface area contributed by atoms with Crippen molar-refractivity contribution in [2.24, 2.45) is 0 Å². The first-order valence-corrected chi connectivity index (χ1v) is 7.17. The minimum Gasteiger partial charge on any atom is -0.479 e.